The second-order valence-corrected chi connectivity index (χ2v) is 7.33. The molecule has 146 valence electrons. The number of hydrogen-bond donors (Lipinski definition) is 2. The third-order valence-electron chi connectivity index (χ3n) is 4.44. The van der Waals surface area contributed by atoms with Gasteiger partial charge < -0.3 is 5.32 Å². The third-order valence-corrected chi connectivity index (χ3v) is 5.38. The molecule has 0 aliphatic carbocycles. The van der Waals surface area contributed by atoms with Gasteiger partial charge in [-0.25, -0.2) is 4.98 Å². The minimum atomic E-state index is -0.229. The zero-order chi connectivity index (χ0) is 20.2. The van der Waals surface area contributed by atoms with E-state index in [2.05, 4.69) is 27.4 Å². The first-order chi connectivity index (χ1) is 14.2. The van der Waals surface area contributed by atoms with Gasteiger partial charge in [-0.2, -0.15) is 5.10 Å². The van der Waals surface area contributed by atoms with E-state index in [9.17, 15) is 9.59 Å². The van der Waals surface area contributed by atoms with Crippen LogP contribution in [0, 0.1) is 0 Å². The number of benzene rings is 2. The molecule has 2 N–H and O–H groups in total. The predicted octanol–water partition coefficient (Wildman–Crippen LogP) is 3.40. The minimum absolute atomic E-state index is 0.119. The highest BCUT2D eigenvalue weighted by Gasteiger charge is 2.16. The molecule has 0 bridgehead atoms. The van der Waals surface area contributed by atoms with Crippen molar-refractivity contribution in [3.8, 4) is 5.69 Å². The van der Waals surface area contributed by atoms with E-state index in [-0.39, 0.29) is 17.2 Å². The van der Waals surface area contributed by atoms with Gasteiger partial charge in [-0.05, 0) is 36.2 Å². The van der Waals surface area contributed by atoms with Crippen LogP contribution in [-0.4, -0.2) is 31.4 Å². The summed E-state index contributed by atoms with van der Waals surface area (Å²) in [6.07, 6.45) is 2.41. The lowest BCUT2D eigenvalue weighted by atomic mass is 10.1. The Kier molecular flexibility index (Phi) is 5.44. The number of thioether (sulfide) groups is 1. The number of para-hydroxylation sites is 1. The highest BCUT2D eigenvalue weighted by molar-refractivity contribution is 7.99. The number of amides is 1. The van der Waals surface area contributed by atoms with E-state index in [1.165, 1.54) is 28.1 Å². The van der Waals surface area contributed by atoms with Crippen molar-refractivity contribution in [1.82, 2.24) is 19.7 Å². The van der Waals surface area contributed by atoms with Crippen molar-refractivity contribution in [2.75, 3.05) is 11.1 Å². The second-order valence-electron chi connectivity index (χ2n) is 6.39. The van der Waals surface area contributed by atoms with Crippen LogP contribution in [0.1, 0.15) is 12.5 Å². The van der Waals surface area contributed by atoms with Crippen LogP contribution < -0.4 is 10.9 Å². The van der Waals surface area contributed by atoms with E-state index < -0.39 is 0 Å². The Labute approximate surface area is 171 Å². The number of fused-ring (bicyclic) bond motifs is 1. The fourth-order valence-corrected chi connectivity index (χ4v) is 3.73. The molecule has 0 radical (unpaired) electrons. The van der Waals surface area contributed by atoms with Crippen molar-refractivity contribution in [1.29, 1.82) is 0 Å². The molecule has 0 saturated heterocycles. The lowest BCUT2D eigenvalue weighted by Gasteiger charge is -2.12. The Balaban J connectivity index is 1.58. The SMILES string of the molecule is CCc1ccc(NC(=O)CSc2nc3[nH]ncc3c(=O)n2-c2ccccc2)cc1. The molecule has 2 aromatic heterocycles. The Morgan fingerprint density at radius 1 is 1.14 bits per heavy atom. The van der Waals surface area contributed by atoms with E-state index in [0.29, 0.717) is 21.9 Å². The monoisotopic (exact) mass is 405 g/mol. The average Bonchev–Trinajstić information content (AvgIpc) is 3.22. The molecular weight excluding hydrogens is 386 g/mol. The predicted molar refractivity (Wildman–Crippen MR) is 115 cm³/mol. The highest BCUT2D eigenvalue weighted by Crippen LogP contribution is 2.21. The first-order valence-corrected chi connectivity index (χ1v) is 10.2. The van der Waals surface area contributed by atoms with Crippen molar-refractivity contribution in [3.63, 3.8) is 0 Å². The fraction of sp³-hybridized carbons (Fsp3) is 0.143. The summed E-state index contributed by atoms with van der Waals surface area (Å²) in [6, 6.07) is 17.0. The Hall–Kier alpha value is -3.39. The number of aryl methyl sites for hydroxylation is 1. The molecule has 2 aromatic carbocycles. The standard InChI is InChI=1S/C21H19N5O2S/c1-2-14-8-10-15(11-9-14)23-18(27)13-29-21-24-19-17(12-22-25-19)20(28)26(21)16-6-4-3-5-7-16/h3-12H,2,13H2,1H3,(H,22,25)(H,23,27). The van der Waals surface area contributed by atoms with Crippen LogP contribution in [0.4, 0.5) is 5.69 Å². The lowest BCUT2D eigenvalue weighted by molar-refractivity contribution is -0.113. The lowest BCUT2D eigenvalue weighted by Crippen LogP contribution is -2.22. The van der Waals surface area contributed by atoms with Crippen molar-refractivity contribution in [2.24, 2.45) is 0 Å². The summed E-state index contributed by atoms with van der Waals surface area (Å²) in [5.41, 5.74) is 2.81. The van der Waals surface area contributed by atoms with E-state index in [1.807, 2.05) is 54.6 Å². The molecule has 0 saturated carbocycles. The topological polar surface area (TPSA) is 92.7 Å². The number of hydrogen-bond acceptors (Lipinski definition) is 5. The summed E-state index contributed by atoms with van der Waals surface area (Å²) in [6.45, 7) is 2.08. The Morgan fingerprint density at radius 2 is 1.90 bits per heavy atom. The van der Waals surface area contributed by atoms with E-state index in [1.54, 1.807) is 0 Å². The van der Waals surface area contributed by atoms with E-state index in [4.69, 9.17) is 0 Å². The molecule has 0 fully saturated rings. The number of aromatic amines is 1. The summed E-state index contributed by atoms with van der Waals surface area (Å²) in [7, 11) is 0. The van der Waals surface area contributed by atoms with Crippen LogP contribution in [0.5, 0.6) is 0 Å². The third kappa shape index (κ3) is 4.07. The molecule has 0 spiro atoms. The zero-order valence-corrected chi connectivity index (χ0v) is 16.6. The van der Waals surface area contributed by atoms with Gasteiger partial charge in [0, 0.05) is 5.69 Å². The van der Waals surface area contributed by atoms with E-state index >= 15 is 0 Å². The van der Waals surface area contributed by atoms with Crippen LogP contribution in [0.3, 0.4) is 0 Å². The summed E-state index contributed by atoms with van der Waals surface area (Å²) in [4.78, 5) is 29.9. The molecule has 8 heteroatoms. The van der Waals surface area contributed by atoms with Crippen molar-refractivity contribution in [3.05, 3.63) is 76.7 Å². The number of carbonyl (C=O) groups is 1. The number of nitrogens with zero attached hydrogens (tertiary/aromatic N) is 3. The molecule has 7 nitrogen and oxygen atoms in total. The number of nitrogens with one attached hydrogen (secondary N) is 2. The number of rotatable bonds is 6. The molecule has 4 rings (SSSR count). The normalized spacial score (nSPS) is 10.9. The number of carbonyl (C=O) groups excluding carboxylic acids is 1. The largest absolute Gasteiger partial charge is 0.325 e. The van der Waals surface area contributed by atoms with Crippen LogP contribution in [-0.2, 0) is 11.2 Å². The zero-order valence-electron chi connectivity index (χ0n) is 15.8. The van der Waals surface area contributed by atoms with Gasteiger partial charge in [0.05, 0.1) is 17.6 Å². The van der Waals surface area contributed by atoms with Gasteiger partial charge in [0.2, 0.25) is 5.91 Å². The van der Waals surface area contributed by atoms with Gasteiger partial charge in [0.15, 0.2) is 10.8 Å². The van der Waals surface area contributed by atoms with Crippen molar-refractivity contribution >= 4 is 34.4 Å². The van der Waals surface area contributed by atoms with Crippen LogP contribution >= 0.6 is 11.8 Å². The van der Waals surface area contributed by atoms with Gasteiger partial charge in [0.1, 0.15) is 5.39 Å². The molecule has 0 aliphatic heterocycles. The molecule has 29 heavy (non-hydrogen) atoms. The molecule has 4 aromatic rings. The maximum Gasteiger partial charge on any atom is 0.269 e. The quantitative estimate of drug-likeness (QED) is 0.379. The van der Waals surface area contributed by atoms with Crippen molar-refractivity contribution in [2.45, 2.75) is 18.5 Å². The maximum absolute atomic E-state index is 13.0. The summed E-state index contributed by atoms with van der Waals surface area (Å²) >= 11 is 1.20. The molecular formula is C21H19N5O2S. The fourth-order valence-electron chi connectivity index (χ4n) is 2.93. The number of aromatic nitrogens is 4. The second kappa shape index (κ2) is 8.32. The first-order valence-electron chi connectivity index (χ1n) is 9.19. The van der Waals surface area contributed by atoms with E-state index in [0.717, 1.165) is 12.1 Å². The average molecular weight is 405 g/mol. The first kappa shape index (κ1) is 18.9. The van der Waals surface area contributed by atoms with Crippen LogP contribution in [0.15, 0.2) is 70.7 Å². The van der Waals surface area contributed by atoms with Gasteiger partial charge >= 0.3 is 0 Å². The molecule has 0 unspecified atom stereocenters. The molecule has 1 amide bonds. The summed E-state index contributed by atoms with van der Waals surface area (Å²) < 4.78 is 1.51. The Bertz CT molecular complexity index is 1200. The molecule has 0 aliphatic rings. The number of H-pyrrole nitrogens is 1. The smallest absolute Gasteiger partial charge is 0.269 e. The maximum atomic E-state index is 13.0. The van der Waals surface area contributed by atoms with Gasteiger partial charge in [-0.3, -0.25) is 19.3 Å². The van der Waals surface area contributed by atoms with Crippen LogP contribution in [0.25, 0.3) is 16.7 Å². The highest BCUT2D eigenvalue weighted by atomic mass is 32.2. The summed E-state index contributed by atoms with van der Waals surface area (Å²) in [5, 5.41) is 10.3. The molecule has 0 atom stereocenters. The van der Waals surface area contributed by atoms with Gasteiger partial charge in [0.25, 0.3) is 5.56 Å². The Morgan fingerprint density at radius 3 is 2.62 bits per heavy atom. The van der Waals surface area contributed by atoms with Crippen molar-refractivity contribution < 1.29 is 4.79 Å². The van der Waals surface area contributed by atoms with Crippen LogP contribution in [0.2, 0.25) is 0 Å². The minimum Gasteiger partial charge on any atom is -0.325 e. The number of anilines is 1. The van der Waals surface area contributed by atoms with Gasteiger partial charge in [-0.1, -0.05) is 49.0 Å². The summed E-state index contributed by atoms with van der Waals surface area (Å²) in [5.74, 6) is -0.0492. The van der Waals surface area contributed by atoms with Gasteiger partial charge in [-0.15, -0.1) is 0 Å². The molecule has 2 heterocycles.